The van der Waals surface area contributed by atoms with Crippen LogP contribution in [0.2, 0.25) is 5.02 Å². The Morgan fingerprint density at radius 2 is 2.00 bits per heavy atom. The zero-order valence-corrected chi connectivity index (χ0v) is 13.3. The Morgan fingerprint density at radius 1 is 1.30 bits per heavy atom. The highest BCUT2D eigenvalue weighted by Gasteiger charge is 2.15. The van der Waals surface area contributed by atoms with Crippen molar-refractivity contribution in [1.82, 2.24) is 9.55 Å². The molecule has 0 unspecified atom stereocenters. The Balaban J connectivity index is 2.52. The number of hydrogen-bond donors (Lipinski definition) is 0. The number of rotatable bonds is 6. The van der Waals surface area contributed by atoms with Gasteiger partial charge in [0.25, 0.3) is 0 Å². The zero-order valence-electron chi connectivity index (χ0n) is 11.8. The van der Waals surface area contributed by atoms with Crippen molar-refractivity contribution in [2.24, 2.45) is 5.92 Å². The van der Waals surface area contributed by atoms with Crippen LogP contribution in [0.15, 0.2) is 12.1 Å². The quantitative estimate of drug-likeness (QED) is 0.682. The van der Waals surface area contributed by atoms with E-state index in [1.54, 1.807) is 6.07 Å². The molecule has 0 aliphatic heterocycles. The molecule has 0 spiro atoms. The van der Waals surface area contributed by atoms with Gasteiger partial charge in [-0.05, 0) is 12.0 Å². The average molecular weight is 317 g/mol. The number of aryl methyl sites for hydroxylation is 1. The molecule has 2 aromatic rings. The number of halogens is 3. The van der Waals surface area contributed by atoms with Crippen molar-refractivity contribution in [3.05, 3.63) is 28.8 Å². The number of aromatic nitrogens is 2. The monoisotopic (exact) mass is 316 g/mol. The van der Waals surface area contributed by atoms with Gasteiger partial charge in [-0.25, -0.2) is 9.37 Å². The summed E-state index contributed by atoms with van der Waals surface area (Å²) in [5.41, 5.74) is 1.54. The molecule has 1 aromatic carbocycles. The zero-order chi connectivity index (χ0) is 14.7. The lowest BCUT2D eigenvalue weighted by Gasteiger charge is -2.16. The smallest absolute Gasteiger partial charge is 0.144 e. The summed E-state index contributed by atoms with van der Waals surface area (Å²) < 4.78 is 15.8. The van der Waals surface area contributed by atoms with Crippen molar-refractivity contribution in [1.29, 1.82) is 0 Å². The predicted molar refractivity (Wildman–Crippen MR) is 83.2 cm³/mol. The molecule has 0 atom stereocenters. The van der Waals surface area contributed by atoms with Gasteiger partial charge in [0.1, 0.15) is 11.6 Å². The lowest BCUT2D eigenvalue weighted by atomic mass is 10.0. The van der Waals surface area contributed by atoms with Crippen LogP contribution in [0, 0.1) is 11.7 Å². The van der Waals surface area contributed by atoms with Crippen LogP contribution in [0.1, 0.15) is 32.5 Å². The van der Waals surface area contributed by atoms with E-state index in [-0.39, 0.29) is 5.02 Å². The molecule has 5 heteroatoms. The first kappa shape index (κ1) is 15.6. The summed E-state index contributed by atoms with van der Waals surface area (Å²) in [6.45, 7) is 5.19. The Bertz CT molecular complexity index is 591. The fourth-order valence-electron chi connectivity index (χ4n) is 2.45. The van der Waals surface area contributed by atoms with Gasteiger partial charge < -0.3 is 4.57 Å². The molecule has 0 aliphatic carbocycles. The van der Waals surface area contributed by atoms with Crippen LogP contribution in [0.4, 0.5) is 4.39 Å². The lowest BCUT2D eigenvalue weighted by molar-refractivity contribution is 0.417. The van der Waals surface area contributed by atoms with Gasteiger partial charge in [0, 0.05) is 24.9 Å². The molecule has 110 valence electrons. The standard InChI is InChI=1S/C15H19Cl2FN2/c1-3-10(4-2)9-20-14-8-12(18)11(17)7-13(14)19-15(20)5-6-16/h7-8,10H,3-6,9H2,1-2H3. The predicted octanol–water partition coefficient (Wildman–Crippen LogP) is 5.05. The van der Waals surface area contributed by atoms with Crippen LogP contribution >= 0.6 is 23.2 Å². The maximum atomic E-state index is 13.7. The van der Waals surface area contributed by atoms with E-state index in [1.165, 1.54) is 6.07 Å². The van der Waals surface area contributed by atoms with Crippen molar-refractivity contribution in [2.45, 2.75) is 39.7 Å². The maximum absolute atomic E-state index is 13.7. The van der Waals surface area contributed by atoms with Gasteiger partial charge in [0.15, 0.2) is 0 Å². The van der Waals surface area contributed by atoms with Crippen molar-refractivity contribution < 1.29 is 4.39 Å². The van der Waals surface area contributed by atoms with Gasteiger partial charge in [-0.1, -0.05) is 38.3 Å². The molecule has 0 aliphatic rings. The highest BCUT2D eigenvalue weighted by atomic mass is 35.5. The summed E-state index contributed by atoms with van der Waals surface area (Å²) in [7, 11) is 0. The minimum atomic E-state index is -0.401. The average Bonchev–Trinajstić information content (AvgIpc) is 2.74. The number of alkyl halides is 1. The van der Waals surface area contributed by atoms with Crippen LogP contribution in [-0.4, -0.2) is 15.4 Å². The topological polar surface area (TPSA) is 17.8 Å². The van der Waals surface area contributed by atoms with Gasteiger partial charge in [-0.3, -0.25) is 0 Å². The van der Waals surface area contributed by atoms with Gasteiger partial charge in [0.2, 0.25) is 0 Å². The van der Waals surface area contributed by atoms with E-state index in [0.29, 0.717) is 18.2 Å². The first-order valence-corrected chi connectivity index (χ1v) is 7.92. The third-order valence-corrected chi connectivity index (χ3v) is 4.26. The van der Waals surface area contributed by atoms with E-state index < -0.39 is 5.82 Å². The summed E-state index contributed by atoms with van der Waals surface area (Å²) in [6, 6.07) is 3.07. The number of imidazole rings is 1. The molecular formula is C15H19Cl2FN2. The van der Waals surface area contributed by atoms with Crippen LogP contribution < -0.4 is 0 Å². The Hall–Kier alpha value is -0.800. The molecule has 0 N–H and O–H groups in total. The first-order chi connectivity index (χ1) is 9.60. The van der Waals surface area contributed by atoms with E-state index in [2.05, 4.69) is 23.4 Å². The molecule has 2 rings (SSSR count). The highest BCUT2D eigenvalue weighted by molar-refractivity contribution is 6.31. The van der Waals surface area contributed by atoms with Gasteiger partial charge in [-0.2, -0.15) is 0 Å². The molecule has 1 aromatic heterocycles. The molecule has 1 heterocycles. The molecule has 20 heavy (non-hydrogen) atoms. The lowest BCUT2D eigenvalue weighted by Crippen LogP contribution is -2.12. The van der Waals surface area contributed by atoms with E-state index in [4.69, 9.17) is 23.2 Å². The molecular weight excluding hydrogens is 298 g/mol. The Kier molecular flexibility index (Phi) is 5.28. The summed E-state index contributed by atoms with van der Waals surface area (Å²) in [4.78, 5) is 4.55. The first-order valence-electron chi connectivity index (χ1n) is 7.00. The fraction of sp³-hybridized carbons (Fsp3) is 0.533. The highest BCUT2D eigenvalue weighted by Crippen LogP contribution is 2.26. The van der Waals surface area contributed by atoms with E-state index >= 15 is 0 Å². The summed E-state index contributed by atoms with van der Waals surface area (Å²) in [5, 5.41) is 0.113. The Morgan fingerprint density at radius 3 is 2.60 bits per heavy atom. The van der Waals surface area contributed by atoms with Gasteiger partial charge >= 0.3 is 0 Å². The number of hydrogen-bond acceptors (Lipinski definition) is 1. The van der Waals surface area contributed by atoms with E-state index in [0.717, 1.165) is 36.2 Å². The normalized spacial score (nSPS) is 11.7. The van der Waals surface area contributed by atoms with E-state index in [1.807, 2.05) is 0 Å². The SMILES string of the molecule is CCC(CC)Cn1c(CCCl)nc2cc(Cl)c(F)cc21. The van der Waals surface area contributed by atoms with Crippen molar-refractivity contribution in [3.63, 3.8) is 0 Å². The third-order valence-electron chi connectivity index (χ3n) is 3.78. The van der Waals surface area contributed by atoms with Crippen LogP contribution in [-0.2, 0) is 13.0 Å². The second-order valence-corrected chi connectivity index (χ2v) is 5.80. The molecule has 0 amide bonds. The molecule has 0 bridgehead atoms. The molecule has 0 saturated heterocycles. The van der Waals surface area contributed by atoms with Crippen molar-refractivity contribution in [2.75, 3.05) is 5.88 Å². The van der Waals surface area contributed by atoms with Gasteiger partial charge in [0.05, 0.1) is 16.1 Å². The van der Waals surface area contributed by atoms with Crippen LogP contribution in [0.3, 0.4) is 0 Å². The third kappa shape index (κ3) is 3.09. The number of benzene rings is 1. The number of fused-ring (bicyclic) bond motifs is 1. The maximum Gasteiger partial charge on any atom is 0.144 e. The van der Waals surface area contributed by atoms with Gasteiger partial charge in [-0.15, -0.1) is 11.6 Å². The molecule has 0 fully saturated rings. The van der Waals surface area contributed by atoms with E-state index in [9.17, 15) is 4.39 Å². The summed E-state index contributed by atoms with van der Waals surface area (Å²) >= 11 is 11.7. The molecule has 0 radical (unpaired) electrons. The Labute approximate surface area is 128 Å². The second-order valence-electron chi connectivity index (χ2n) is 5.02. The van der Waals surface area contributed by atoms with Crippen LogP contribution in [0.5, 0.6) is 0 Å². The second kappa shape index (κ2) is 6.77. The summed E-state index contributed by atoms with van der Waals surface area (Å²) in [5.74, 6) is 1.56. The van der Waals surface area contributed by atoms with Crippen molar-refractivity contribution in [3.8, 4) is 0 Å². The molecule has 0 saturated carbocycles. The minimum Gasteiger partial charge on any atom is -0.328 e. The molecule has 2 nitrogen and oxygen atoms in total. The van der Waals surface area contributed by atoms with Crippen molar-refractivity contribution >= 4 is 34.2 Å². The number of nitrogens with zero attached hydrogens (tertiary/aromatic N) is 2. The van der Waals surface area contributed by atoms with Crippen LogP contribution in [0.25, 0.3) is 11.0 Å². The largest absolute Gasteiger partial charge is 0.328 e. The summed E-state index contributed by atoms with van der Waals surface area (Å²) in [6.07, 6.45) is 2.86. The fourth-order valence-corrected chi connectivity index (χ4v) is 2.78. The minimum absolute atomic E-state index is 0.113.